The second-order valence-electron chi connectivity index (χ2n) is 0.710. The molecule has 0 rings (SSSR count). The third kappa shape index (κ3) is 5.72. The fourth-order valence-electron chi connectivity index (χ4n) is 0.0546. The van der Waals surface area contributed by atoms with Gasteiger partial charge in [-0.3, -0.25) is 4.79 Å². The van der Waals surface area contributed by atoms with Crippen LogP contribution in [0, 0.1) is 0 Å². The Hall–Kier alpha value is -0.280. The molecule has 44 valence electrons. The van der Waals surface area contributed by atoms with Crippen LogP contribution in [0.1, 0.15) is 0 Å². The molecule has 0 heterocycles. The smallest absolute Gasteiger partial charge is 0.320 e. The molecule has 0 unspecified atom stereocenters. The van der Waals surface area contributed by atoms with Crippen molar-refractivity contribution in [2.75, 3.05) is 13.0 Å². The lowest BCUT2D eigenvalue weighted by Crippen LogP contribution is -1.99. The van der Waals surface area contributed by atoms with Gasteiger partial charge < -0.3 is 10.2 Å². The molecule has 4 heteroatoms. The summed E-state index contributed by atoms with van der Waals surface area (Å²) in [6.07, 6.45) is 0. The predicted molar refractivity (Wildman–Crippen MR) is 26.3 cm³/mol. The molecule has 0 aromatic rings. The molecular formula is C3H7ClO3. The third-order valence-electron chi connectivity index (χ3n) is 0.337. The lowest BCUT2D eigenvalue weighted by atomic mass is 10.8. The molecule has 0 saturated heterocycles. The molecule has 0 aromatic carbocycles. The Morgan fingerprint density at radius 3 is 2.29 bits per heavy atom. The molecular weight excluding hydrogens is 119 g/mol. The number of hydrogen-bond acceptors (Lipinski definition) is 2. The van der Waals surface area contributed by atoms with E-state index in [1.807, 2.05) is 0 Å². The minimum atomic E-state index is -0.392. The van der Waals surface area contributed by atoms with Crippen molar-refractivity contribution in [3.05, 3.63) is 0 Å². The molecule has 0 fully saturated rings. The van der Waals surface area contributed by atoms with Crippen LogP contribution in [0.5, 0.6) is 0 Å². The van der Waals surface area contributed by atoms with E-state index in [0.717, 1.165) is 0 Å². The van der Waals surface area contributed by atoms with Crippen molar-refractivity contribution < 1.29 is 15.0 Å². The summed E-state index contributed by atoms with van der Waals surface area (Å²) >= 11 is 4.98. The number of esters is 1. The summed E-state index contributed by atoms with van der Waals surface area (Å²) in [5.41, 5.74) is 0. The number of methoxy groups -OCH3 is 1. The first-order valence-electron chi connectivity index (χ1n) is 1.44. The number of hydrogen-bond donors (Lipinski definition) is 0. The number of carbonyl (C=O) groups excluding carboxylic acids is 1. The van der Waals surface area contributed by atoms with Gasteiger partial charge in [-0.2, -0.15) is 0 Å². The van der Waals surface area contributed by atoms with Crippen molar-refractivity contribution in [3.63, 3.8) is 0 Å². The van der Waals surface area contributed by atoms with Crippen LogP contribution in [-0.4, -0.2) is 24.4 Å². The number of halogens is 1. The normalized spacial score (nSPS) is 6.57. The molecule has 0 amide bonds. The fraction of sp³-hybridized carbons (Fsp3) is 0.667. The lowest BCUT2D eigenvalue weighted by molar-refractivity contribution is -0.137. The maximum absolute atomic E-state index is 9.83. The van der Waals surface area contributed by atoms with Gasteiger partial charge >= 0.3 is 5.97 Å². The van der Waals surface area contributed by atoms with Crippen molar-refractivity contribution in [1.29, 1.82) is 0 Å². The summed E-state index contributed by atoms with van der Waals surface area (Å²) in [6.45, 7) is 0. The van der Waals surface area contributed by atoms with Crippen LogP contribution in [0.3, 0.4) is 0 Å². The van der Waals surface area contributed by atoms with Crippen molar-refractivity contribution >= 4 is 17.6 Å². The monoisotopic (exact) mass is 126 g/mol. The lowest BCUT2D eigenvalue weighted by Gasteiger charge is -1.85. The molecule has 0 aliphatic carbocycles. The fourth-order valence-corrected chi connectivity index (χ4v) is 0.164. The van der Waals surface area contributed by atoms with Gasteiger partial charge in [0.25, 0.3) is 0 Å². The molecule has 0 spiro atoms. The summed E-state index contributed by atoms with van der Waals surface area (Å²) in [4.78, 5) is 9.83. The zero-order valence-corrected chi connectivity index (χ0v) is 4.66. The Morgan fingerprint density at radius 1 is 1.86 bits per heavy atom. The van der Waals surface area contributed by atoms with E-state index >= 15 is 0 Å². The molecule has 0 aromatic heterocycles. The number of rotatable bonds is 1. The number of alkyl halides is 1. The van der Waals surface area contributed by atoms with Crippen molar-refractivity contribution in [2.45, 2.75) is 0 Å². The van der Waals surface area contributed by atoms with E-state index in [-0.39, 0.29) is 11.4 Å². The van der Waals surface area contributed by atoms with E-state index in [1.54, 1.807) is 0 Å². The van der Waals surface area contributed by atoms with Crippen LogP contribution < -0.4 is 0 Å². The Kier molecular flexibility index (Phi) is 8.06. The van der Waals surface area contributed by atoms with E-state index in [1.165, 1.54) is 7.11 Å². The minimum Gasteiger partial charge on any atom is -0.468 e. The molecule has 0 radical (unpaired) electrons. The largest absolute Gasteiger partial charge is 0.468 e. The van der Waals surface area contributed by atoms with Gasteiger partial charge in [0.2, 0.25) is 0 Å². The first-order valence-corrected chi connectivity index (χ1v) is 1.97. The van der Waals surface area contributed by atoms with Crippen LogP contribution in [0.15, 0.2) is 0 Å². The highest BCUT2D eigenvalue weighted by atomic mass is 35.5. The highest BCUT2D eigenvalue weighted by Crippen LogP contribution is 1.75. The average Bonchev–Trinajstić information content (AvgIpc) is 1.65. The Morgan fingerprint density at radius 2 is 2.29 bits per heavy atom. The first-order chi connectivity index (χ1) is 2.81. The second-order valence-corrected chi connectivity index (χ2v) is 0.977. The van der Waals surface area contributed by atoms with Crippen molar-refractivity contribution in [2.24, 2.45) is 0 Å². The quantitative estimate of drug-likeness (QED) is 0.354. The molecule has 0 aliphatic rings. The standard InChI is InChI=1S/C3H5ClO2.H2O/c1-6-3(5)2-4;/h2H2,1H3;1H2. The summed E-state index contributed by atoms with van der Waals surface area (Å²) in [5, 5.41) is 0. The Balaban J connectivity index is 0. The molecule has 2 N–H and O–H groups in total. The number of ether oxygens (including phenoxy) is 1. The highest BCUT2D eigenvalue weighted by molar-refractivity contribution is 6.26. The van der Waals surface area contributed by atoms with Crippen LogP contribution in [-0.2, 0) is 9.53 Å². The first kappa shape index (κ1) is 9.87. The van der Waals surface area contributed by atoms with Crippen molar-refractivity contribution in [3.8, 4) is 0 Å². The summed E-state index contributed by atoms with van der Waals surface area (Å²) in [6, 6.07) is 0. The molecule has 0 aliphatic heterocycles. The van der Waals surface area contributed by atoms with Gasteiger partial charge in [-0.25, -0.2) is 0 Å². The Labute approximate surface area is 46.5 Å². The molecule has 0 saturated carbocycles. The van der Waals surface area contributed by atoms with Gasteiger partial charge in [-0.1, -0.05) is 0 Å². The van der Waals surface area contributed by atoms with E-state index in [0.29, 0.717) is 0 Å². The van der Waals surface area contributed by atoms with E-state index in [4.69, 9.17) is 11.6 Å². The maximum Gasteiger partial charge on any atom is 0.320 e. The molecule has 0 atom stereocenters. The van der Waals surface area contributed by atoms with Crippen LogP contribution >= 0.6 is 11.6 Å². The van der Waals surface area contributed by atoms with E-state index in [2.05, 4.69) is 4.74 Å². The molecule has 7 heavy (non-hydrogen) atoms. The third-order valence-corrected chi connectivity index (χ3v) is 0.555. The van der Waals surface area contributed by atoms with E-state index in [9.17, 15) is 4.79 Å². The van der Waals surface area contributed by atoms with Crippen LogP contribution in [0.4, 0.5) is 0 Å². The molecule has 0 bridgehead atoms. The van der Waals surface area contributed by atoms with Gasteiger partial charge in [0.15, 0.2) is 0 Å². The SMILES string of the molecule is COC(=O)CCl.O. The van der Waals surface area contributed by atoms with Crippen molar-refractivity contribution in [1.82, 2.24) is 0 Å². The topological polar surface area (TPSA) is 57.8 Å². The number of carbonyl (C=O) groups is 1. The zero-order chi connectivity index (χ0) is 4.99. The second kappa shape index (κ2) is 5.72. The maximum atomic E-state index is 9.83. The minimum absolute atomic E-state index is 0. The Bertz CT molecular complexity index is 48.1. The predicted octanol–water partition coefficient (Wildman–Crippen LogP) is -0.427. The van der Waals surface area contributed by atoms with Gasteiger partial charge in [0.05, 0.1) is 7.11 Å². The summed E-state index contributed by atoms with van der Waals surface area (Å²) < 4.78 is 4.13. The van der Waals surface area contributed by atoms with Gasteiger partial charge in [0.1, 0.15) is 5.88 Å². The van der Waals surface area contributed by atoms with E-state index < -0.39 is 5.97 Å². The van der Waals surface area contributed by atoms with Gasteiger partial charge in [-0.05, 0) is 0 Å². The average molecular weight is 127 g/mol. The summed E-state index contributed by atoms with van der Waals surface area (Å²) in [7, 11) is 1.30. The van der Waals surface area contributed by atoms with Crippen LogP contribution in [0.2, 0.25) is 0 Å². The zero-order valence-electron chi connectivity index (χ0n) is 3.90. The summed E-state index contributed by atoms with van der Waals surface area (Å²) in [5.74, 6) is -0.451. The van der Waals surface area contributed by atoms with Gasteiger partial charge in [-0.15, -0.1) is 11.6 Å². The highest BCUT2D eigenvalue weighted by Gasteiger charge is 1.89. The van der Waals surface area contributed by atoms with Gasteiger partial charge in [0, 0.05) is 0 Å². The van der Waals surface area contributed by atoms with Crippen LogP contribution in [0.25, 0.3) is 0 Å². The molecule has 3 nitrogen and oxygen atoms in total.